The fourth-order valence-corrected chi connectivity index (χ4v) is 4.46. The molecule has 1 N–H and O–H groups in total. The van der Waals surface area contributed by atoms with Crippen LogP contribution in [-0.2, 0) is 9.59 Å². The summed E-state index contributed by atoms with van der Waals surface area (Å²) in [5, 5.41) is 2.69. The van der Waals surface area contributed by atoms with Crippen LogP contribution in [0, 0.1) is 5.82 Å². The summed E-state index contributed by atoms with van der Waals surface area (Å²) < 4.78 is 18.3. The number of carbonyl (C=O) groups excluding carboxylic acids is 3. The van der Waals surface area contributed by atoms with Crippen LogP contribution in [0.25, 0.3) is 0 Å². The maximum absolute atomic E-state index is 13.4. The van der Waals surface area contributed by atoms with Crippen molar-refractivity contribution in [2.24, 2.45) is 0 Å². The second-order valence-corrected chi connectivity index (χ2v) is 8.13. The van der Waals surface area contributed by atoms with Crippen LogP contribution in [0.4, 0.5) is 20.6 Å². The molecule has 2 aromatic rings. The monoisotopic (exact) mass is 439 g/mol. The van der Waals surface area contributed by atoms with E-state index in [4.69, 9.17) is 4.74 Å². The Balaban J connectivity index is 1.57. The zero-order valence-electron chi connectivity index (χ0n) is 17.9. The number of nitrogens with zero attached hydrogens (tertiary/aromatic N) is 2. The summed E-state index contributed by atoms with van der Waals surface area (Å²) in [6, 6.07) is 10.8. The number of hydrogen-bond donors (Lipinski definition) is 1. The van der Waals surface area contributed by atoms with Gasteiger partial charge >= 0.3 is 6.03 Å². The number of benzene rings is 2. The number of urea groups is 1. The third kappa shape index (κ3) is 4.44. The Kier molecular flexibility index (Phi) is 6.39. The number of carbonyl (C=O) groups is 3. The van der Waals surface area contributed by atoms with Crippen LogP contribution in [0.15, 0.2) is 48.5 Å². The van der Waals surface area contributed by atoms with Crippen LogP contribution < -0.4 is 15.0 Å². The molecule has 1 aliphatic heterocycles. The Hall–Kier alpha value is -3.42. The molecule has 2 fully saturated rings. The molecule has 0 spiro atoms. The lowest BCUT2D eigenvalue weighted by atomic mass is 9.93. The molecule has 2 aliphatic rings. The van der Waals surface area contributed by atoms with Crippen LogP contribution in [0.3, 0.4) is 0 Å². The van der Waals surface area contributed by atoms with Crippen molar-refractivity contribution >= 4 is 29.2 Å². The van der Waals surface area contributed by atoms with Crippen molar-refractivity contribution in [3.63, 3.8) is 0 Å². The first kappa shape index (κ1) is 21.8. The Bertz CT molecular complexity index is 987. The van der Waals surface area contributed by atoms with Gasteiger partial charge in [-0.05, 0) is 61.4 Å². The molecule has 0 unspecified atom stereocenters. The number of anilines is 2. The summed E-state index contributed by atoms with van der Waals surface area (Å²) >= 11 is 0. The molecule has 168 valence electrons. The SMILES string of the molecule is COc1ccc(N2C(=O)[C@H](CC(=O)Nc3ccc(F)cc3)N(C3CCCCC3)C2=O)cc1. The normalized spacial score (nSPS) is 19.4. The van der Waals surface area contributed by atoms with Crippen molar-refractivity contribution < 1.29 is 23.5 Å². The summed E-state index contributed by atoms with van der Waals surface area (Å²) in [6.45, 7) is 0. The largest absolute Gasteiger partial charge is 0.497 e. The average Bonchev–Trinajstić information content (AvgIpc) is 3.05. The van der Waals surface area contributed by atoms with Gasteiger partial charge in [-0.15, -0.1) is 0 Å². The number of ether oxygens (including phenoxy) is 1. The Morgan fingerprint density at radius 3 is 2.31 bits per heavy atom. The summed E-state index contributed by atoms with van der Waals surface area (Å²) in [7, 11) is 1.54. The fourth-order valence-electron chi connectivity index (χ4n) is 4.46. The van der Waals surface area contributed by atoms with E-state index in [2.05, 4.69) is 5.32 Å². The highest BCUT2D eigenvalue weighted by Gasteiger charge is 2.49. The molecule has 0 aromatic heterocycles. The van der Waals surface area contributed by atoms with E-state index in [1.165, 1.54) is 24.3 Å². The van der Waals surface area contributed by atoms with Crippen molar-refractivity contribution in [1.82, 2.24) is 4.90 Å². The van der Waals surface area contributed by atoms with Gasteiger partial charge in [-0.3, -0.25) is 9.59 Å². The summed E-state index contributed by atoms with van der Waals surface area (Å²) in [4.78, 5) is 42.2. The Morgan fingerprint density at radius 1 is 1.03 bits per heavy atom. The standard InChI is InChI=1S/C24H26FN3O4/c1-32-20-13-11-19(12-14-20)28-23(30)21(27(24(28)31)18-5-3-2-4-6-18)15-22(29)26-17-9-7-16(25)8-10-17/h7-14,18,21H,2-6,15H2,1H3,(H,26,29)/t21-/m0/s1. The van der Waals surface area contributed by atoms with Gasteiger partial charge in [0, 0.05) is 11.7 Å². The molecule has 32 heavy (non-hydrogen) atoms. The van der Waals surface area contributed by atoms with Gasteiger partial charge in [0.1, 0.15) is 17.6 Å². The lowest BCUT2D eigenvalue weighted by Crippen LogP contribution is -2.45. The summed E-state index contributed by atoms with van der Waals surface area (Å²) in [6.07, 6.45) is 4.53. The molecule has 7 nitrogen and oxygen atoms in total. The minimum atomic E-state index is -0.881. The quantitative estimate of drug-likeness (QED) is 0.680. The summed E-state index contributed by atoms with van der Waals surface area (Å²) in [5.41, 5.74) is 0.882. The zero-order chi connectivity index (χ0) is 22.7. The first-order chi connectivity index (χ1) is 15.5. The van der Waals surface area contributed by atoms with Gasteiger partial charge in [-0.25, -0.2) is 14.1 Å². The van der Waals surface area contributed by atoms with E-state index in [1.807, 2.05) is 0 Å². The van der Waals surface area contributed by atoms with Crippen LogP contribution in [0.1, 0.15) is 38.5 Å². The number of amides is 4. The first-order valence-electron chi connectivity index (χ1n) is 10.8. The zero-order valence-corrected chi connectivity index (χ0v) is 17.9. The molecule has 1 heterocycles. The molecule has 4 rings (SSSR count). The molecule has 0 bridgehead atoms. The number of rotatable bonds is 6. The van der Waals surface area contributed by atoms with Crippen molar-refractivity contribution in [3.05, 3.63) is 54.3 Å². The average molecular weight is 439 g/mol. The van der Waals surface area contributed by atoms with Gasteiger partial charge in [0.05, 0.1) is 19.2 Å². The van der Waals surface area contributed by atoms with Crippen LogP contribution in [0.2, 0.25) is 0 Å². The van der Waals surface area contributed by atoms with Crippen molar-refractivity contribution in [3.8, 4) is 5.75 Å². The Labute approximate surface area is 186 Å². The van der Waals surface area contributed by atoms with Crippen LogP contribution in [-0.4, -0.2) is 41.9 Å². The predicted molar refractivity (Wildman–Crippen MR) is 118 cm³/mol. The van der Waals surface area contributed by atoms with Crippen LogP contribution >= 0.6 is 0 Å². The van der Waals surface area contributed by atoms with E-state index in [0.29, 0.717) is 17.1 Å². The molecule has 1 atom stereocenters. The molecule has 2 aromatic carbocycles. The van der Waals surface area contributed by atoms with E-state index >= 15 is 0 Å². The second-order valence-electron chi connectivity index (χ2n) is 8.13. The van der Waals surface area contributed by atoms with Gasteiger partial charge in [0.2, 0.25) is 5.91 Å². The number of imide groups is 1. The maximum Gasteiger partial charge on any atom is 0.332 e. The maximum atomic E-state index is 13.4. The lowest BCUT2D eigenvalue weighted by molar-refractivity contribution is -0.125. The van der Waals surface area contributed by atoms with Gasteiger partial charge in [0.25, 0.3) is 5.91 Å². The second kappa shape index (κ2) is 9.38. The van der Waals surface area contributed by atoms with Crippen molar-refractivity contribution in [1.29, 1.82) is 0 Å². The molecule has 8 heteroatoms. The highest BCUT2D eigenvalue weighted by Crippen LogP contribution is 2.34. The van der Waals surface area contributed by atoms with Gasteiger partial charge in [-0.2, -0.15) is 0 Å². The van der Waals surface area contributed by atoms with E-state index < -0.39 is 29.7 Å². The molecule has 0 radical (unpaired) electrons. The smallest absolute Gasteiger partial charge is 0.332 e. The number of halogens is 1. The highest BCUT2D eigenvalue weighted by atomic mass is 19.1. The van der Waals surface area contributed by atoms with Crippen molar-refractivity contribution in [2.45, 2.75) is 50.6 Å². The number of nitrogens with one attached hydrogen (secondary N) is 1. The van der Waals surface area contributed by atoms with E-state index in [0.717, 1.165) is 37.0 Å². The molecule has 1 aliphatic carbocycles. The van der Waals surface area contributed by atoms with E-state index in [1.54, 1.807) is 36.3 Å². The Morgan fingerprint density at radius 2 is 1.69 bits per heavy atom. The predicted octanol–water partition coefficient (Wildman–Crippen LogP) is 4.33. The van der Waals surface area contributed by atoms with E-state index in [-0.39, 0.29) is 12.5 Å². The van der Waals surface area contributed by atoms with Gasteiger partial charge in [0.15, 0.2) is 0 Å². The van der Waals surface area contributed by atoms with Crippen molar-refractivity contribution in [2.75, 3.05) is 17.3 Å². The number of methoxy groups -OCH3 is 1. The molecular weight excluding hydrogens is 413 g/mol. The summed E-state index contributed by atoms with van der Waals surface area (Å²) in [5.74, 6) is -0.606. The van der Waals surface area contributed by atoms with Gasteiger partial charge in [-0.1, -0.05) is 19.3 Å². The van der Waals surface area contributed by atoms with E-state index in [9.17, 15) is 18.8 Å². The third-order valence-electron chi connectivity index (χ3n) is 6.06. The fraction of sp³-hybridized carbons (Fsp3) is 0.375. The third-order valence-corrected chi connectivity index (χ3v) is 6.06. The highest BCUT2D eigenvalue weighted by molar-refractivity contribution is 6.22. The van der Waals surface area contributed by atoms with Gasteiger partial charge < -0.3 is 15.0 Å². The lowest BCUT2D eigenvalue weighted by Gasteiger charge is -2.33. The molecule has 4 amide bonds. The van der Waals surface area contributed by atoms with Crippen LogP contribution in [0.5, 0.6) is 5.75 Å². The minimum Gasteiger partial charge on any atom is -0.497 e. The number of hydrogen-bond acceptors (Lipinski definition) is 4. The topological polar surface area (TPSA) is 79.0 Å². The molecule has 1 saturated carbocycles. The molecular formula is C24H26FN3O4. The molecule has 1 saturated heterocycles. The minimum absolute atomic E-state index is 0.0768. The first-order valence-corrected chi connectivity index (χ1v) is 10.8.